The van der Waals surface area contributed by atoms with Crippen LogP contribution in [0.3, 0.4) is 0 Å². The van der Waals surface area contributed by atoms with Crippen LogP contribution in [-0.4, -0.2) is 75.5 Å². The molecule has 0 aromatic rings. The van der Waals surface area contributed by atoms with E-state index in [0.717, 1.165) is 57.8 Å². The number of carboxylic acid groups (broad SMARTS) is 1. The molecule has 0 aliphatic carbocycles. The van der Waals surface area contributed by atoms with E-state index in [-0.39, 0.29) is 42.7 Å². The summed E-state index contributed by atoms with van der Waals surface area (Å²) in [6.07, 6.45) is 56.0. The zero-order valence-corrected chi connectivity index (χ0v) is 42.7. The SMILES string of the molecule is CC/C=C/C/C=C/C/C=C/CCCCCCCCCCCCC(=O)OCC(COCCC(C(=O)[O-])[N+](C)(C)C)OC(=O)CCCCCCCCCCCCCCCCCCCCCC. The molecule has 0 aromatic carbocycles. The lowest BCUT2D eigenvalue weighted by Crippen LogP contribution is -2.55. The number of nitrogens with zero attached hydrogens (tertiary/aromatic N) is 1. The Balaban J connectivity index is 4.18. The van der Waals surface area contributed by atoms with E-state index in [9.17, 15) is 19.5 Å². The van der Waals surface area contributed by atoms with Gasteiger partial charge in [-0.05, 0) is 44.9 Å². The van der Waals surface area contributed by atoms with Crippen LogP contribution in [0.25, 0.3) is 0 Å². The Morgan fingerprint density at radius 1 is 0.484 bits per heavy atom. The molecule has 0 saturated carbocycles. The van der Waals surface area contributed by atoms with Crippen molar-refractivity contribution in [3.63, 3.8) is 0 Å². The number of ether oxygens (including phenoxy) is 3. The molecular weight excluding hydrogens is 799 g/mol. The van der Waals surface area contributed by atoms with Gasteiger partial charge in [-0.15, -0.1) is 0 Å². The van der Waals surface area contributed by atoms with Crippen molar-refractivity contribution in [1.29, 1.82) is 0 Å². The van der Waals surface area contributed by atoms with E-state index in [1.54, 1.807) is 0 Å². The molecule has 8 nitrogen and oxygen atoms in total. The number of aliphatic carboxylic acids is 1. The molecule has 0 aliphatic rings. The van der Waals surface area contributed by atoms with Crippen molar-refractivity contribution < 1.29 is 38.2 Å². The number of carbonyl (C=O) groups excluding carboxylic acids is 3. The first-order valence-corrected chi connectivity index (χ1v) is 27.0. The van der Waals surface area contributed by atoms with E-state index in [4.69, 9.17) is 14.2 Å². The summed E-state index contributed by atoms with van der Waals surface area (Å²) in [7, 11) is 5.43. The second kappa shape index (κ2) is 47.1. The van der Waals surface area contributed by atoms with Crippen molar-refractivity contribution in [2.75, 3.05) is 41.0 Å². The number of rotatable bonds is 49. The van der Waals surface area contributed by atoms with Crippen molar-refractivity contribution in [1.82, 2.24) is 0 Å². The number of unbranched alkanes of at least 4 members (excludes halogenated alkanes) is 29. The van der Waals surface area contributed by atoms with Crippen LogP contribution >= 0.6 is 0 Å². The Morgan fingerprint density at radius 2 is 0.875 bits per heavy atom. The van der Waals surface area contributed by atoms with Gasteiger partial charge in [0.25, 0.3) is 0 Å². The van der Waals surface area contributed by atoms with Crippen LogP contribution in [0.4, 0.5) is 0 Å². The average Bonchev–Trinajstić information content (AvgIpc) is 3.26. The van der Waals surface area contributed by atoms with Crippen molar-refractivity contribution >= 4 is 17.9 Å². The highest BCUT2D eigenvalue weighted by Gasteiger charge is 2.25. The molecule has 2 unspecified atom stereocenters. The zero-order valence-electron chi connectivity index (χ0n) is 42.7. The summed E-state index contributed by atoms with van der Waals surface area (Å²) in [6.45, 7) is 4.59. The van der Waals surface area contributed by atoms with Crippen molar-refractivity contribution in [2.24, 2.45) is 0 Å². The number of hydrogen-bond donors (Lipinski definition) is 0. The minimum atomic E-state index is -1.12. The fraction of sp³-hybridized carbons (Fsp3) is 0.839. The fourth-order valence-electron chi connectivity index (χ4n) is 8.15. The smallest absolute Gasteiger partial charge is 0.306 e. The van der Waals surface area contributed by atoms with Crippen molar-refractivity contribution in [3.05, 3.63) is 36.5 Å². The van der Waals surface area contributed by atoms with Crippen LogP contribution in [0.15, 0.2) is 36.5 Å². The summed E-state index contributed by atoms with van der Waals surface area (Å²) in [5.74, 6) is -1.72. The molecule has 0 rings (SSSR count). The lowest BCUT2D eigenvalue weighted by molar-refractivity contribution is -0.889. The molecule has 8 heteroatoms. The lowest BCUT2D eigenvalue weighted by atomic mass is 10.0. The quantitative estimate of drug-likeness (QED) is 0.0259. The molecule has 64 heavy (non-hydrogen) atoms. The third-order valence-electron chi connectivity index (χ3n) is 12.3. The molecule has 0 radical (unpaired) electrons. The first-order chi connectivity index (χ1) is 31.1. The zero-order chi connectivity index (χ0) is 47.0. The highest BCUT2D eigenvalue weighted by molar-refractivity contribution is 5.70. The summed E-state index contributed by atoms with van der Waals surface area (Å²) < 4.78 is 17.3. The molecule has 0 bridgehead atoms. The van der Waals surface area contributed by atoms with E-state index < -0.39 is 18.1 Å². The fourth-order valence-corrected chi connectivity index (χ4v) is 8.15. The van der Waals surface area contributed by atoms with Crippen LogP contribution < -0.4 is 5.11 Å². The van der Waals surface area contributed by atoms with E-state index in [2.05, 4.69) is 50.3 Å². The molecule has 0 spiro atoms. The Bertz CT molecular complexity index is 1140. The Hall–Kier alpha value is -2.45. The lowest BCUT2D eigenvalue weighted by Gasteiger charge is -2.34. The van der Waals surface area contributed by atoms with Gasteiger partial charge >= 0.3 is 11.9 Å². The number of quaternary nitrogens is 1. The number of esters is 2. The van der Waals surface area contributed by atoms with Crippen LogP contribution in [-0.2, 0) is 28.6 Å². The first kappa shape index (κ1) is 61.5. The maximum absolute atomic E-state index is 12.8. The van der Waals surface area contributed by atoms with Gasteiger partial charge in [-0.3, -0.25) is 9.59 Å². The summed E-state index contributed by atoms with van der Waals surface area (Å²) in [5, 5.41) is 11.7. The third-order valence-corrected chi connectivity index (χ3v) is 12.3. The van der Waals surface area contributed by atoms with Gasteiger partial charge in [0, 0.05) is 19.3 Å². The van der Waals surface area contributed by atoms with Crippen molar-refractivity contribution in [2.45, 2.75) is 264 Å². The molecule has 0 heterocycles. The molecule has 374 valence electrons. The molecular formula is C56H103NO7. The van der Waals surface area contributed by atoms with Gasteiger partial charge in [0.1, 0.15) is 12.6 Å². The van der Waals surface area contributed by atoms with Crippen LogP contribution in [0.1, 0.15) is 251 Å². The van der Waals surface area contributed by atoms with E-state index in [1.165, 1.54) is 161 Å². The van der Waals surface area contributed by atoms with Crippen LogP contribution in [0, 0.1) is 0 Å². The molecule has 0 saturated heterocycles. The Morgan fingerprint density at radius 3 is 1.30 bits per heavy atom. The minimum Gasteiger partial charge on any atom is -0.544 e. The normalized spacial score (nSPS) is 13.1. The number of hydrogen-bond acceptors (Lipinski definition) is 7. The van der Waals surface area contributed by atoms with E-state index >= 15 is 0 Å². The maximum Gasteiger partial charge on any atom is 0.306 e. The van der Waals surface area contributed by atoms with Crippen LogP contribution in [0.5, 0.6) is 0 Å². The number of carbonyl (C=O) groups is 3. The minimum absolute atomic E-state index is 0.0433. The van der Waals surface area contributed by atoms with Gasteiger partial charge in [0.2, 0.25) is 0 Å². The van der Waals surface area contributed by atoms with Gasteiger partial charge in [0.15, 0.2) is 6.10 Å². The predicted octanol–water partition coefficient (Wildman–Crippen LogP) is 14.4. The molecule has 2 atom stereocenters. The highest BCUT2D eigenvalue weighted by Crippen LogP contribution is 2.17. The molecule has 0 amide bonds. The van der Waals surface area contributed by atoms with Gasteiger partial charge in [0.05, 0.1) is 40.3 Å². The molecule has 0 N–H and O–H groups in total. The monoisotopic (exact) mass is 902 g/mol. The number of carboxylic acids is 1. The third kappa shape index (κ3) is 44.7. The van der Waals surface area contributed by atoms with Gasteiger partial charge in [-0.1, -0.05) is 224 Å². The standard InChI is InChI=1S/C56H103NO7/c1-6-8-10-12-14-16-18-20-22-24-26-28-30-32-34-36-38-40-42-44-46-54(58)63-51-52(50-62-49-48-53(56(60)61)57(3,4)5)64-55(59)47-45-43-41-39-37-35-33-31-29-27-25-23-21-19-17-15-13-11-9-7-2/h8,10,14,16,20,22,52-53H,6-7,9,11-13,15,17-19,21,23-51H2,1-5H3/b10-8+,16-14+,22-20+. The first-order valence-electron chi connectivity index (χ1n) is 27.0. The maximum atomic E-state index is 12.8. The highest BCUT2D eigenvalue weighted by atomic mass is 16.6. The molecule has 0 aromatic heterocycles. The largest absolute Gasteiger partial charge is 0.544 e. The van der Waals surface area contributed by atoms with Crippen LogP contribution in [0.2, 0.25) is 0 Å². The summed E-state index contributed by atoms with van der Waals surface area (Å²) in [5.41, 5.74) is 0. The average molecular weight is 902 g/mol. The Kier molecular flexibility index (Phi) is 45.3. The summed E-state index contributed by atoms with van der Waals surface area (Å²) in [4.78, 5) is 37.1. The second-order valence-electron chi connectivity index (χ2n) is 19.4. The number of allylic oxidation sites excluding steroid dienone is 6. The van der Waals surface area contributed by atoms with E-state index in [0.29, 0.717) is 12.8 Å². The molecule has 0 fully saturated rings. The van der Waals surface area contributed by atoms with Crippen molar-refractivity contribution in [3.8, 4) is 0 Å². The number of likely N-dealkylation sites (N-methyl/N-ethyl adjacent to an activating group) is 1. The van der Waals surface area contributed by atoms with Gasteiger partial charge < -0.3 is 28.6 Å². The Labute approximate surface area is 395 Å². The topological polar surface area (TPSA) is 102 Å². The van der Waals surface area contributed by atoms with E-state index in [1.807, 2.05) is 21.1 Å². The second-order valence-corrected chi connectivity index (χ2v) is 19.4. The summed E-state index contributed by atoms with van der Waals surface area (Å²) >= 11 is 0. The predicted molar refractivity (Wildman–Crippen MR) is 268 cm³/mol. The van der Waals surface area contributed by atoms with Gasteiger partial charge in [-0.2, -0.15) is 0 Å². The van der Waals surface area contributed by atoms with Gasteiger partial charge in [-0.25, -0.2) is 0 Å². The summed E-state index contributed by atoms with van der Waals surface area (Å²) in [6, 6.07) is -0.725. The molecule has 0 aliphatic heterocycles.